The fourth-order valence-electron chi connectivity index (χ4n) is 4.75. The van der Waals surface area contributed by atoms with Gasteiger partial charge in [0.25, 0.3) is 0 Å². The number of halogens is 2. The maximum absolute atomic E-state index is 13.9. The second kappa shape index (κ2) is 15.6. The molecule has 7 nitrogen and oxygen atoms in total. The molecule has 0 radical (unpaired) electrons. The molecule has 2 N–H and O–H groups in total. The summed E-state index contributed by atoms with van der Waals surface area (Å²) in [5.41, 5.74) is 3.20. The number of aryl methyl sites for hydroxylation is 1. The maximum atomic E-state index is 13.9. The molecule has 0 aliphatic rings. The minimum absolute atomic E-state index is 0.0796. The fourth-order valence-corrected chi connectivity index (χ4v) is 5.92. The van der Waals surface area contributed by atoms with Crippen LogP contribution in [0.1, 0.15) is 35.6 Å². The highest BCUT2D eigenvalue weighted by atomic mass is 35.5. The van der Waals surface area contributed by atoms with Crippen molar-refractivity contribution in [3.63, 3.8) is 0 Å². The van der Waals surface area contributed by atoms with E-state index in [1.54, 1.807) is 48.2 Å². The van der Waals surface area contributed by atoms with Crippen LogP contribution in [0.25, 0.3) is 0 Å². The molecule has 0 spiro atoms. The van der Waals surface area contributed by atoms with Crippen LogP contribution in [0.4, 0.5) is 4.39 Å². The third kappa shape index (κ3) is 9.47. The van der Waals surface area contributed by atoms with E-state index in [0.717, 1.165) is 16.7 Å². The molecule has 4 aromatic carbocycles. The third-order valence-electron chi connectivity index (χ3n) is 7.11. The molecule has 10 heteroatoms. The molecule has 1 unspecified atom stereocenters. The Hall–Kier alpha value is -4.05. The zero-order valence-corrected chi connectivity index (χ0v) is 26.0. The average Bonchev–Trinajstić information content (AvgIpc) is 3.02. The second-order valence-electron chi connectivity index (χ2n) is 10.3. The Morgan fingerprint density at radius 3 is 2.07 bits per heavy atom. The van der Waals surface area contributed by atoms with Crippen molar-refractivity contribution in [1.29, 1.82) is 0 Å². The van der Waals surface area contributed by atoms with E-state index in [-0.39, 0.29) is 49.2 Å². The number of hydrogen-bond acceptors (Lipinski definition) is 4. The zero-order chi connectivity index (χ0) is 31.5. The topological polar surface area (TPSA) is 95.6 Å². The lowest BCUT2D eigenvalue weighted by molar-refractivity contribution is -0.141. The molecule has 0 aliphatic carbocycles. The number of carbonyl (C=O) groups excluding carboxylic acids is 2. The summed E-state index contributed by atoms with van der Waals surface area (Å²) in [5.74, 6) is -0.980. The largest absolute Gasteiger partial charge is 0.350 e. The van der Waals surface area contributed by atoms with Gasteiger partial charge in [-0.25, -0.2) is 17.5 Å². The Balaban J connectivity index is 1.58. The van der Waals surface area contributed by atoms with E-state index in [9.17, 15) is 22.4 Å². The molecule has 0 heterocycles. The highest BCUT2D eigenvalue weighted by Crippen LogP contribution is 2.19. The number of amides is 2. The van der Waals surface area contributed by atoms with Crippen molar-refractivity contribution in [2.75, 3.05) is 6.54 Å². The summed E-state index contributed by atoms with van der Waals surface area (Å²) < 4.78 is 40.8. The predicted octanol–water partition coefficient (Wildman–Crippen LogP) is 5.67. The standard InChI is InChI=1S/C34H35ClFN3O4S/c1-2-38-44(42,43)31-19-12-25(13-20-31)14-21-33(40)39(24-28-10-17-30(36)18-11-28)32(22-26-6-4-3-5-7-26)34(41)37-23-27-8-15-29(35)16-9-27/h3-13,15-20,32,38H,2,14,21-24H2,1H3,(H,37,41). The van der Waals surface area contributed by atoms with Crippen LogP contribution in [0.15, 0.2) is 108 Å². The molecule has 2 amide bonds. The summed E-state index contributed by atoms with van der Waals surface area (Å²) in [4.78, 5) is 29.4. The molecule has 0 saturated heterocycles. The molecule has 4 rings (SSSR count). The molecule has 1 atom stereocenters. The summed E-state index contributed by atoms with van der Waals surface area (Å²) >= 11 is 6.01. The first-order valence-electron chi connectivity index (χ1n) is 14.3. The molecule has 0 bridgehead atoms. The minimum Gasteiger partial charge on any atom is -0.350 e. The average molecular weight is 636 g/mol. The highest BCUT2D eigenvalue weighted by molar-refractivity contribution is 7.89. The van der Waals surface area contributed by atoms with Crippen LogP contribution in [0.2, 0.25) is 5.02 Å². The van der Waals surface area contributed by atoms with Gasteiger partial charge >= 0.3 is 0 Å². The first-order valence-corrected chi connectivity index (χ1v) is 16.2. The molecule has 0 saturated carbocycles. The van der Waals surface area contributed by atoms with Gasteiger partial charge in [0.2, 0.25) is 21.8 Å². The van der Waals surface area contributed by atoms with Crippen LogP contribution in [0.5, 0.6) is 0 Å². The lowest BCUT2D eigenvalue weighted by atomic mass is 10.0. The molecule has 4 aromatic rings. The van der Waals surface area contributed by atoms with Gasteiger partial charge in [-0.15, -0.1) is 0 Å². The van der Waals surface area contributed by atoms with Crippen LogP contribution in [-0.4, -0.2) is 37.7 Å². The van der Waals surface area contributed by atoms with E-state index in [0.29, 0.717) is 17.0 Å². The maximum Gasteiger partial charge on any atom is 0.243 e. The quantitative estimate of drug-likeness (QED) is 0.187. The second-order valence-corrected chi connectivity index (χ2v) is 12.5. The van der Waals surface area contributed by atoms with Gasteiger partial charge in [-0.1, -0.05) is 85.3 Å². The van der Waals surface area contributed by atoms with Gasteiger partial charge in [0.15, 0.2) is 0 Å². The summed E-state index contributed by atoms with van der Waals surface area (Å²) in [6, 6.07) is 28.0. The summed E-state index contributed by atoms with van der Waals surface area (Å²) in [6.07, 6.45) is 0.693. The van der Waals surface area contributed by atoms with E-state index in [4.69, 9.17) is 11.6 Å². The van der Waals surface area contributed by atoms with Crippen LogP contribution in [0, 0.1) is 5.82 Å². The van der Waals surface area contributed by atoms with E-state index < -0.39 is 21.9 Å². The summed E-state index contributed by atoms with van der Waals surface area (Å²) in [7, 11) is -3.59. The molecular weight excluding hydrogens is 601 g/mol. The smallest absolute Gasteiger partial charge is 0.243 e. The van der Waals surface area contributed by atoms with E-state index in [1.165, 1.54) is 24.3 Å². The van der Waals surface area contributed by atoms with Crippen LogP contribution in [0.3, 0.4) is 0 Å². The Morgan fingerprint density at radius 2 is 1.43 bits per heavy atom. The van der Waals surface area contributed by atoms with Crippen molar-refractivity contribution < 1.29 is 22.4 Å². The summed E-state index contributed by atoms with van der Waals surface area (Å²) in [5, 5.41) is 3.56. The molecule has 0 aromatic heterocycles. The van der Waals surface area contributed by atoms with Gasteiger partial charge in [-0.3, -0.25) is 9.59 Å². The third-order valence-corrected chi connectivity index (χ3v) is 8.93. The van der Waals surface area contributed by atoms with Gasteiger partial charge in [-0.2, -0.15) is 0 Å². The Bertz CT molecular complexity index is 1630. The number of carbonyl (C=O) groups is 2. The van der Waals surface area contributed by atoms with Gasteiger partial charge in [0.1, 0.15) is 11.9 Å². The van der Waals surface area contributed by atoms with E-state index in [2.05, 4.69) is 10.0 Å². The van der Waals surface area contributed by atoms with Gasteiger partial charge in [0, 0.05) is 37.5 Å². The van der Waals surface area contributed by atoms with E-state index >= 15 is 0 Å². The predicted molar refractivity (Wildman–Crippen MR) is 170 cm³/mol. The van der Waals surface area contributed by atoms with Crippen molar-refractivity contribution in [1.82, 2.24) is 14.9 Å². The number of nitrogens with one attached hydrogen (secondary N) is 2. The van der Waals surface area contributed by atoms with E-state index in [1.807, 2.05) is 42.5 Å². The van der Waals surface area contributed by atoms with Crippen LogP contribution in [-0.2, 0) is 45.5 Å². The van der Waals surface area contributed by atoms with Crippen LogP contribution < -0.4 is 10.0 Å². The lowest BCUT2D eigenvalue weighted by Gasteiger charge is -2.32. The molecular formula is C34H35ClFN3O4S. The first-order chi connectivity index (χ1) is 21.1. The normalized spacial score (nSPS) is 12.0. The lowest BCUT2D eigenvalue weighted by Crippen LogP contribution is -2.50. The van der Waals surface area contributed by atoms with Crippen LogP contribution >= 0.6 is 11.6 Å². The minimum atomic E-state index is -3.59. The van der Waals surface area contributed by atoms with Crippen molar-refractivity contribution in [3.8, 4) is 0 Å². The number of benzene rings is 4. The number of rotatable bonds is 14. The van der Waals surface area contributed by atoms with Gasteiger partial charge in [0.05, 0.1) is 4.90 Å². The van der Waals surface area contributed by atoms with Crippen molar-refractivity contribution in [3.05, 3.63) is 136 Å². The number of sulfonamides is 1. The first kappa shape index (κ1) is 32.9. The number of hydrogen-bond donors (Lipinski definition) is 2. The molecule has 0 fully saturated rings. The Kier molecular flexibility index (Phi) is 11.7. The molecule has 0 aliphatic heterocycles. The van der Waals surface area contributed by atoms with Crippen molar-refractivity contribution in [2.24, 2.45) is 0 Å². The monoisotopic (exact) mass is 635 g/mol. The Labute approximate surface area is 263 Å². The SMILES string of the molecule is CCNS(=O)(=O)c1ccc(CCC(=O)N(Cc2ccc(F)cc2)C(Cc2ccccc2)C(=O)NCc2ccc(Cl)cc2)cc1. The Morgan fingerprint density at radius 1 is 0.818 bits per heavy atom. The summed E-state index contributed by atoms with van der Waals surface area (Å²) in [6.45, 7) is 2.34. The number of nitrogens with zero attached hydrogens (tertiary/aromatic N) is 1. The highest BCUT2D eigenvalue weighted by Gasteiger charge is 2.30. The molecule has 44 heavy (non-hydrogen) atoms. The molecule has 230 valence electrons. The van der Waals surface area contributed by atoms with Gasteiger partial charge in [-0.05, 0) is 65.1 Å². The zero-order valence-electron chi connectivity index (χ0n) is 24.4. The fraction of sp³-hybridized carbons (Fsp3) is 0.235. The van der Waals surface area contributed by atoms with Crippen molar-refractivity contribution in [2.45, 2.75) is 50.2 Å². The van der Waals surface area contributed by atoms with Gasteiger partial charge < -0.3 is 10.2 Å². The van der Waals surface area contributed by atoms with Crippen molar-refractivity contribution >= 4 is 33.4 Å².